The van der Waals surface area contributed by atoms with Gasteiger partial charge in [-0.05, 0) is 71.7 Å². The highest BCUT2D eigenvalue weighted by Gasteiger charge is 2.63. The van der Waals surface area contributed by atoms with Gasteiger partial charge in [0.05, 0.1) is 12.7 Å². The fraction of sp³-hybridized carbons (Fsp3) is 0.500. The molecule has 0 N–H and O–H groups in total. The highest BCUT2D eigenvalue weighted by molar-refractivity contribution is 6.80. The van der Waals surface area contributed by atoms with E-state index in [1.807, 2.05) is 12.1 Å². The van der Waals surface area contributed by atoms with Crippen molar-refractivity contribution in [3.8, 4) is 0 Å². The number of rotatable bonds is 10. The van der Waals surface area contributed by atoms with Crippen molar-refractivity contribution in [1.82, 2.24) is 0 Å². The Morgan fingerprint density at radius 3 is 2.11 bits per heavy atom. The summed E-state index contributed by atoms with van der Waals surface area (Å²) in [5, 5.41) is 2.45. The number of hydrogen-bond donors (Lipinski definition) is 0. The van der Waals surface area contributed by atoms with E-state index in [0.717, 1.165) is 45.1 Å². The molecule has 3 aliphatic rings. The molecule has 234 valence electrons. The summed E-state index contributed by atoms with van der Waals surface area (Å²) in [6.07, 6.45) is 5.74. The maximum atomic E-state index is 13.5. The molecular weight excluding hydrogens is 564 g/mol. The van der Waals surface area contributed by atoms with Gasteiger partial charge in [0.1, 0.15) is 6.10 Å². The van der Waals surface area contributed by atoms with Crippen molar-refractivity contribution in [2.45, 2.75) is 84.2 Å². The van der Waals surface area contributed by atoms with Gasteiger partial charge in [-0.2, -0.15) is 0 Å². The second-order valence-electron chi connectivity index (χ2n) is 14.1. The molecule has 2 saturated heterocycles. The first kappa shape index (κ1) is 31.2. The molecule has 1 aliphatic carbocycles. The van der Waals surface area contributed by atoms with E-state index in [9.17, 15) is 4.79 Å². The summed E-state index contributed by atoms with van der Waals surface area (Å²) < 4.78 is 26.4. The van der Waals surface area contributed by atoms with E-state index in [-0.39, 0.29) is 47.1 Å². The molecule has 3 aromatic rings. The van der Waals surface area contributed by atoms with Crippen LogP contribution in [0.4, 0.5) is 0 Å². The number of fused-ring (bicyclic) bond motifs is 1. The van der Waals surface area contributed by atoms with Crippen LogP contribution in [-0.4, -0.2) is 46.7 Å². The van der Waals surface area contributed by atoms with Gasteiger partial charge >= 0.3 is 5.97 Å². The highest BCUT2D eigenvalue weighted by Crippen LogP contribution is 2.61. The molecule has 6 heteroatoms. The van der Waals surface area contributed by atoms with Crippen LogP contribution in [0.25, 0.3) is 0 Å². The lowest BCUT2D eigenvalue weighted by molar-refractivity contribution is -0.202. The minimum Gasteiger partial charge on any atom is -0.459 e. The van der Waals surface area contributed by atoms with Gasteiger partial charge in [0.25, 0.3) is 0 Å². The van der Waals surface area contributed by atoms with Gasteiger partial charge in [-0.1, -0.05) is 112 Å². The number of hydrogen-bond acceptors (Lipinski definition) is 5. The van der Waals surface area contributed by atoms with Gasteiger partial charge in [0, 0.05) is 18.4 Å². The zero-order valence-corrected chi connectivity index (χ0v) is 27.7. The maximum Gasteiger partial charge on any atom is 0.306 e. The average molecular weight is 613 g/mol. The number of ether oxygens (including phenoxy) is 3. The van der Waals surface area contributed by atoms with Crippen LogP contribution in [0.2, 0.25) is 0 Å². The third kappa shape index (κ3) is 6.89. The van der Waals surface area contributed by atoms with Gasteiger partial charge in [-0.3, -0.25) is 4.79 Å². The standard InChI is InChI=1S/C38H48O5Si/c1-37(2,3)36-31-25-34(39)43-33(27-41-44(29-17-9-5-10-18-29)30-19-11-6-12-20-30)38(31,23-22-28-15-7-4-8-16-28)26-32(36)42-35-21-13-14-24-40-35/h4-12,15-20,31-33,35-36,44H,13-14,21-27H2,1-3H3/t31-,32-,33?,35?,36-,38+/m1/s1. The molecule has 0 radical (unpaired) electrons. The third-order valence-corrected chi connectivity index (χ3v) is 12.8. The van der Waals surface area contributed by atoms with E-state index >= 15 is 0 Å². The molecule has 2 unspecified atom stereocenters. The topological polar surface area (TPSA) is 54.0 Å². The Kier molecular flexibility index (Phi) is 9.72. The largest absolute Gasteiger partial charge is 0.459 e. The number of benzene rings is 3. The summed E-state index contributed by atoms with van der Waals surface area (Å²) in [5.41, 5.74) is 1.01. The molecule has 2 heterocycles. The van der Waals surface area contributed by atoms with E-state index in [0.29, 0.717) is 13.0 Å². The molecule has 2 aliphatic heterocycles. The average Bonchev–Trinajstić information content (AvgIpc) is 3.36. The zero-order valence-electron chi connectivity index (χ0n) is 26.5. The maximum absolute atomic E-state index is 13.5. The minimum atomic E-state index is -2.03. The van der Waals surface area contributed by atoms with Gasteiger partial charge < -0.3 is 18.6 Å². The van der Waals surface area contributed by atoms with Crippen LogP contribution in [0.15, 0.2) is 91.0 Å². The van der Waals surface area contributed by atoms with Crippen LogP contribution in [0.1, 0.15) is 64.9 Å². The Morgan fingerprint density at radius 1 is 0.886 bits per heavy atom. The van der Waals surface area contributed by atoms with Gasteiger partial charge in [-0.15, -0.1) is 0 Å². The molecule has 6 atom stereocenters. The molecule has 0 spiro atoms. The van der Waals surface area contributed by atoms with Crippen LogP contribution in [0.3, 0.4) is 0 Å². The molecule has 3 aromatic carbocycles. The molecule has 0 amide bonds. The van der Waals surface area contributed by atoms with Crippen molar-refractivity contribution in [3.05, 3.63) is 96.6 Å². The number of aryl methyl sites for hydroxylation is 1. The van der Waals surface area contributed by atoms with E-state index in [1.165, 1.54) is 15.9 Å². The van der Waals surface area contributed by atoms with Crippen LogP contribution in [0, 0.1) is 22.7 Å². The van der Waals surface area contributed by atoms with Crippen LogP contribution in [0.5, 0.6) is 0 Å². The lowest BCUT2D eigenvalue weighted by Crippen LogP contribution is -2.54. The fourth-order valence-electron chi connectivity index (χ4n) is 8.28. The second kappa shape index (κ2) is 13.7. The van der Waals surface area contributed by atoms with Crippen molar-refractivity contribution in [3.63, 3.8) is 0 Å². The Hall–Kier alpha value is -2.77. The normalized spacial score (nSPS) is 28.9. The van der Waals surface area contributed by atoms with Gasteiger partial charge in [0.2, 0.25) is 9.04 Å². The number of carbonyl (C=O) groups is 1. The van der Waals surface area contributed by atoms with Crippen LogP contribution < -0.4 is 10.4 Å². The fourth-order valence-corrected chi connectivity index (χ4v) is 10.6. The van der Waals surface area contributed by atoms with E-state index in [4.69, 9.17) is 18.6 Å². The quantitative estimate of drug-likeness (QED) is 0.206. The molecule has 1 saturated carbocycles. The molecule has 6 rings (SSSR count). The monoisotopic (exact) mass is 612 g/mol. The van der Waals surface area contributed by atoms with E-state index in [1.54, 1.807) is 0 Å². The predicted octanol–water partition coefficient (Wildman–Crippen LogP) is 6.07. The summed E-state index contributed by atoms with van der Waals surface area (Å²) in [6, 6.07) is 31.8. The van der Waals surface area contributed by atoms with Crippen LogP contribution >= 0.6 is 0 Å². The smallest absolute Gasteiger partial charge is 0.306 e. The predicted molar refractivity (Wildman–Crippen MR) is 176 cm³/mol. The van der Waals surface area contributed by atoms with Crippen molar-refractivity contribution in [2.75, 3.05) is 13.2 Å². The van der Waals surface area contributed by atoms with E-state index < -0.39 is 9.04 Å². The SMILES string of the molecule is CC(C)(C)[C@@H]1[C@H]2CC(=O)OC(CO[SiH](c3ccccc3)c3ccccc3)[C@@]2(CCc2ccccc2)C[C@H]1OC1CCCCO1. The van der Waals surface area contributed by atoms with Crippen molar-refractivity contribution in [1.29, 1.82) is 0 Å². The first-order valence-electron chi connectivity index (χ1n) is 16.6. The lowest BCUT2D eigenvalue weighted by Gasteiger charge is -2.48. The lowest BCUT2D eigenvalue weighted by atomic mass is 9.62. The molecule has 0 aromatic heterocycles. The van der Waals surface area contributed by atoms with Crippen LogP contribution in [-0.2, 0) is 29.9 Å². The molecule has 0 bridgehead atoms. The Morgan fingerprint density at radius 2 is 1.52 bits per heavy atom. The minimum absolute atomic E-state index is 0.00726. The second-order valence-corrected chi connectivity index (χ2v) is 16.5. The Labute approximate surface area is 265 Å². The Bertz CT molecular complexity index is 1300. The van der Waals surface area contributed by atoms with Crippen molar-refractivity contribution >= 4 is 25.4 Å². The van der Waals surface area contributed by atoms with Crippen molar-refractivity contribution in [2.24, 2.45) is 22.7 Å². The summed E-state index contributed by atoms with van der Waals surface area (Å²) >= 11 is 0. The van der Waals surface area contributed by atoms with Crippen molar-refractivity contribution < 1.29 is 23.4 Å². The molecular formula is C38H48O5Si. The highest BCUT2D eigenvalue weighted by atomic mass is 28.3. The summed E-state index contributed by atoms with van der Waals surface area (Å²) in [5.74, 6) is 0.235. The summed E-state index contributed by atoms with van der Waals surface area (Å²) in [7, 11) is -2.03. The molecule has 5 nitrogen and oxygen atoms in total. The molecule has 3 fully saturated rings. The third-order valence-electron chi connectivity index (χ3n) is 10.3. The Balaban J connectivity index is 1.35. The van der Waals surface area contributed by atoms with Gasteiger partial charge in [0.15, 0.2) is 6.29 Å². The van der Waals surface area contributed by atoms with Gasteiger partial charge in [-0.25, -0.2) is 0 Å². The number of carbonyl (C=O) groups excluding carboxylic acids is 1. The molecule has 44 heavy (non-hydrogen) atoms. The summed E-state index contributed by atoms with van der Waals surface area (Å²) in [4.78, 5) is 13.5. The first-order chi connectivity index (χ1) is 21.3. The summed E-state index contributed by atoms with van der Waals surface area (Å²) in [6.45, 7) is 8.07. The zero-order chi connectivity index (χ0) is 30.6. The number of cyclic esters (lactones) is 1. The van der Waals surface area contributed by atoms with E-state index in [2.05, 4.69) is 99.6 Å². The number of esters is 1. The first-order valence-corrected chi connectivity index (χ1v) is 18.2.